The van der Waals surface area contributed by atoms with Crippen molar-refractivity contribution in [3.63, 3.8) is 0 Å². The van der Waals surface area contributed by atoms with Crippen molar-refractivity contribution >= 4 is 18.0 Å². The topological polar surface area (TPSA) is 114 Å². The Hall–Kier alpha value is -3.39. The van der Waals surface area contributed by atoms with Crippen LogP contribution in [0.1, 0.15) is 49.7 Å². The van der Waals surface area contributed by atoms with Gasteiger partial charge in [-0.3, -0.25) is 9.59 Å². The third-order valence-corrected chi connectivity index (χ3v) is 6.62. The summed E-state index contributed by atoms with van der Waals surface area (Å²) in [4.78, 5) is 36.7. The third kappa shape index (κ3) is 5.39. The first kappa shape index (κ1) is 23.8. The number of ether oxygens (including phenoxy) is 2. The molecule has 1 fully saturated rings. The molecule has 2 aromatic carbocycles. The molecule has 2 aromatic rings. The summed E-state index contributed by atoms with van der Waals surface area (Å²) in [5, 5.41) is 14.6. The van der Waals surface area contributed by atoms with Crippen LogP contribution in [0.3, 0.4) is 0 Å². The van der Waals surface area contributed by atoms with Gasteiger partial charge in [-0.25, -0.2) is 4.79 Å². The number of aliphatic carboxylic acids is 1. The molecule has 1 unspecified atom stereocenters. The van der Waals surface area contributed by atoms with Crippen LogP contribution >= 0.6 is 0 Å². The highest BCUT2D eigenvalue weighted by Crippen LogP contribution is 2.44. The first-order chi connectivity index (χ1) is 16.4. The summed E-state index contributed by atoms with van der Waals surface area (Å²) in [5.74, 6) is -1.56. The van der Waals surface area contributed by atoms with E-state index < -0.39 is 29.6 Å². The van der Waals surface area contributed by atoms with E-state index in [0.29, 0.717) is 26.1 Å². The molecule has 180 valence electrons. The lowest BCUT2D eigenvalue weighted by molar-refractivity contribution is -0.137. The van der Waals surface area contributed by atoms with E-state index >= 15 is 0 Å². The summed E-state index contributed by atoms with van der Waals surface area (Å²) >= 11 is 0. The highest BCUT2D eigenvalue weighted by atomic mass is 16.5. The number of carbonyl (C=O) groups is 3. The number of rotatable bonds is 8. The number of hydrogen-bond acceptors (Lipinski definition) is 5. The van der Waals surface area contributed by atoms with Crippen LogP contribution in [0.4, 0.5) is 4.79 Å². The minimum Gasteiger partial charge on any atom is -0.481 e. The monoisotopic (exact) mass is 466 g/mol. The summed E-state index contributed by atoms with van der Waals surface area (Å²) in [6.45, 7) is 3.12. The molecule has 1 atom stereocenters. The Bertz CT molecular complexity index is 1020. The van der Waals surface area contributed by atoms with E-state index in [2.05, 4.69) is 22.8 Å². The van der Waals surface area contributed by atoms with Crippen molar-refractivity contribution in [2.24, 2.45) is 0 Å². The van der Waals surface area contributed by atoms with Crippen molar-refractivity contribution in [1.29, 1.82) is 0 Å². The molecular formula is C26H30N2O6. The Morgan fingerprint density at radius 1 is 1.06 bits per heavy atom. The molecule has 4 rings (SSSR count). The van der Waals surface area contributed by atoms with Gasteiger partial charge in [-0.05, 0) is 48.4 Å². The Morgan fingerprint density at radius 2 is 1.65 bits per heavy atom. The Balaban J connectivity index is 1.41. The van der Waals surface area contributed by atoms with Gasteiger partial charge in [0.05, 0.1) is 0 Å². The summed E-state index contributed by atoms with van der Waals surface area (Å²) in [5.41, 5.74) is 3.96. The molecule has 2 aliphatic rings. The lowest BCUT2D eigenvalue weighted by Crippen LogP contribution is -2.56. The highest BCUT2D eigenvalue weighted by molar-refractivity contribution is 5.86. The Labute approximate surface area is 198 Å². The lowest BCUT2D eigenvalue weighted by atomic mass is 9.92. The van der Waals surface area contributed by atoms with E-state index in [1.165, 1.54) is 0 Å². The normalized spacial score (nSPS) is 17.2. The Kier molecular flexibility index (Phi) is 7.17. The molecule has 0 aromatic heterocycles. The molecule has 0 radical (unpaired) electrons. The molecule has 34 heavy (non-hydrogen) atoms. The SMILES string of the molecule is CC1(NC(=O)C(CCC(=O)O)NC(=O)OCC2c3ccccc3-c3ccccc32)CCOCC1. The van der Waals surface area contributed by atoms with E-state index in [9.17, 15) is 14.4 Å². The number of carboxylic acids is 1. The van der Waals surface area contributed by atoms with Crippen molar-refractivity contribution in [3.8, 4) is 11.1 Å². The summed E-state index contributed by atoms with van der Waals surface area (Å²) in [7, 11) is 0. The van der Waals surface area contributed by atoms with Gasteiger partial charge in [0.15, 0.2) is 0 Å². The van der Waals surface area contributed by atoms with Gasteiger partial charge in [-0.1, -0.05) is 48.5 Å². The predicted molar refractivity (Wildman–Crippen MR) is 125 cm³/mol. The molecule has 1 saturated heterocycles. The van der Waals surface area contributed by atoms with E-state index in [0.717, 1.165) is 22.3 Å². The zero-order chi connectivity index (χ0) is 24.1. The van der Waals surface area contributed by atoms with Crippen LogP contribution in [-0.4, -0.2) is 54.5 Å². The van der Waals surface area contributed by atoms with Gasteiger partial charge in [-0.15, -0.1) is 0 Å². The van der Waals surface area contributed by atoms with Crippen LogP contribution in [-0.2, 0) is 19.1 Å². The number of alkyl carbamates (subject to hydrolysis) is 1. The molecule has 8 nitrogen and oxygen atoms in total. The summed E-state index contributed by atoms with van der Waals surface area (Å²) in [6.07, 6.45) is 0.272. The minimum absolute atomic E-state index is 0.0298. The molecule has 3 N–H and O–H groups in total. The fraction of sp³-hybridized carbons (Fsp3) is 0.423. The molecule has 1 aliphatic carbocycles. The zero-order valence-electron chi connectivity index (χ0n) is 19.2. The molecule has 0 spiro atoms. The van der Waals surface area contributed by atoms with E-state index in [1.807, 2.05) is 43.3 Å². The van der Waals surface area contributed by atoms with Crippen LogP contribution in [0.15, 0.2) is 48.5 Å². The van der Waals surface area contributed by atoms with Crippen molar-refractivity contribution in [1.82, 2.24) is 10.6 Å². The van der Waals surface area contributed by atoms with Crippen molar-refractivity contribution < 1.29 is 29.0 Å². The van der Waals surface area contributed by atoms with E-state index in [-0.39, 0.29) is 25.4 Å². The quantitative estimate of drug-likeness (QED) is 0.549. The molecular weight excluding hydrogens is 436 g/mol. The van der Waals surface area contributed by atoms with Crippen molar-refractivity contribution in [3.05, 3.63) is 59.7 Å². The average Bonchev–Trinajstić information content (AvgIpc) is 3.14. The van der Waals surface area contributed by atoms with Crippen LogP contribution in [0, 0.1) is 0 Å². The standard InChI is InChI=1S/C26H30N2O6/c1-26(12-14-33-15-13-26)28-24(31)22(10-11-23(29)30)27-25(32)34-16-21-19-8-4-2-6-17(19)18-7-3-5-9-20(18)21/h2-9,21-22H,10-16H2,1H3,(H,27,32)(H,28,31)(H,29,30). The third-order valence-electron chi connectivity index (χ3n) is 6.62. The van der Waals surface area contributed by atoms with Gasteiger partial charge >= 0.3 is 12.1 Å². The van der Waals surface area contributed by atoms with Gasteiger partial charge < -0.3 is 25.2 Å². The second kappa shape index (κ2) is 10.3. The molecule has 1 heterocycles. The molecule has 2 amide bonds. The fourth-order valence-electron chi connectivity index (χ4n) is 4.65. The van der Waals surface area contributed by atoms with Gasteiger partial charge in [0, 0.05) is 31.1 Å². The predicted octanol–water partition coefficient (Wildman–Crippen LogP) is 3.44. The number of fused-ring (bicyclic) bond motifs is 3. The zero-order valence-corrected chi connectivity index (χ0v) is 19.2. The number of carboxylic acid groups (broad SMARTS) is 1. The fourth-order valence-corrected chi connectivity index (χ4v) is 4.65. The highest BCUT2D eigenvalue weighted by Gasteiger charge is 2.33. The first-order valence-corrected chi connectivity index (χ1v) is 11.6. The Morgan fingerprint density at radius 3 is 2.24 bits per heavy atom. The maximum atomic E-state index is 12.9. The van der Waals surface area contributed by atoms with E-state index in [1.54, 1.807) is 0 Å². The van der Waals surface area contributed by atoms with Crippen LogP contribution in [0.2, 0.25) is 0 Å². The van der Waals surface area contributed by atoms with Crippen LogP contribution < -0.4 is 10.6 Å². The first-order valence-electron chi connectivity index (χ1n) is 11.6. The number of nitrogens with one attached hydrogen (secondary N) is 2. The second-order valence-electron chi connectivity index (χ2n) is 9.12. The minimum atomic E-state index is -1.04. The molecule has 0 bridgehead atoms. The number of amides is 2. The van der Waals surface area contributed by atoms with Gasteiger partial charge in [0.25, 0.3) is 0 Å². The smallest absolute Gasteiger partial charge is 0.407 e. The maximum absolute atomic E-state index is 12.9. The van der Waals surface area contributed by atoms with Gasteiger partial charge in [0.1, 0.15) is 12.6 Å². The number of benzene rings is 2. The summed E-state index contributed by atoms with van der Waals surface area (Å²) in [6, 6.07) is 15.0. The largest absolute Gasteiger partial charge is 0.481 e. The summed E-state index contributed by atoms with van der Waals surface area (Å²) < 4.78 is 10.9. The second-order valence-corrected chi connectivity index (χ2v) is 9.12. The average molecular weight is 467 g/mol. The van der Waals surface area contributed by atoms with Crippen LogP contribution in [0.5, 0.6) is 0 Å². The van der Waals surface area contributed by atoms with Crippen molar-refractivity contribution in [2.75, 3.05) is 19.8 Å². The molecule has 1 aliphatic heterocycles. The molecule has 0 saturated carbocycles. The van der Waals surface area contributed by atoms with E-state index in [4.69, 9.17) is 14.6 Å². The van der Waals surface area contributed by atoms with Gasteiger partial charge in [-0.2, -0.15) is 0 Å². The number of hydrogen-bond donors (Lipinski definition) is 3. The van der Waals surface area contributed by atoms with Crippen molar-refractivity contribution in [2.45, 2.75) is 50.1 Å². The lowest BCUT2D eigenvalue weighted by Gasteiger charge is -2.35. The number of carbonyl (C=O) groups excluding carboxylic acids is 2. The van der Waals surface area contributed by atoms with Crippen LogP contribution in [0.25, 0.3) is 11.1 Å². The molecule has 8 heteroatoms. The maximum Gasteiger partial charge on any atom is 0.407 e. The van der Waals surface area contributed by atoms with Gasteiger partial charge in [0.2, 0.25) is 5.91 Å².